The maximum atomic E-state index is 2.64. The van der Waals surface area contributed by atoms with E-state index in [0.717, 1.165) is 12.8 Å². The van der Waals surface area contributed by atoms with Crippen LogP contribution in [0.3, 0.4) is 0 Å². The van der Waals surface area contributed by atoms with E-state index >= 15 is 0 Å². The molecule has 4 aliphatic rings. The van der Waals surface area contributed by atoms with Gasteiger partial charge in [-0.1, -0.05) is 220 Å². The van der Waals surface area contributed by atoms with Crippen molar-refractivity contribution in [2.45, 2.75) is 98.3 Å². The van der Waals surface area contributed by atoms with E-state index in [4.69, 9.17) is 0 Å². The van der Waals surface area contributed by atoms with Gasteiger partial charge in [0.1, 0.15) is 0 Å². The number of nitrogens with zero attached hydrogens (tertiary/aromatic N) is 1. The molecule has 3 atom stereocenters. The average Bonchev–Trinajstić information content (AvgIpc) is 3.65. The van der Waals surface area contributed by atoms with Gasteiger partial charge in [-0.25, -0.2) is 0 Å². The van der Waals surface area contributed by atoms with Crippen LogP contribution >= 0.6 is 0 Å². The van der Waals surface area contributed by atoms with Crippen molar-refractivity contribution in [3.63, 3.8) is 0 Å². The van der Waals surface area contributed by atoms with E-state index in [1.807, 2.05) is 0 Å². The van der Waals surface area contributed by atoms with Gasteiger partial charge in [0.05, 0.1) is 11.1 Å². The van der Waals surface area contributed by atoms with E-state index < -0.39 is 5.41 Å². The zero-order chi connectivity index (χ0) is 44.2. The molecule has 6 aromatic carbocycles. The highest BCUT2D eigenvalue weighted by Gasteiger charge is 2.64. The van der Waals surface area contributed by atoms with E-state index in [-0.39, 0.29) is 27.1 Å². The highest BCUT2D eigenvalue weighted by Crippen LogP contribution is 2.71. The third-order valence-corrected chi connectivity index (χ3v) is 15.5. The van der Waals surface area contributed by atoms with Crippen LogP contribution in [-0.2, 0) is 16.2 Å². The van der Waals surface area contributed by atoms with E-state index in [9.17, 15) is 0 Å². The number of rotatable bonds is 6. The molecule has 0 spiro atoms. The van der Waals surface area contributed by atoms with E-state index in [1.54, 1.807) is 5.57 Å². The number of para-hydroxylation sites is 1. The molecule has 0 radical (unpaired) electrons. The summed E-state index contributed by atoms with van der Waals surface area (Å²) in [4.78, 5) is 2.57. The highest BCUT2D eigenvalue weighted by atomic mass is 15.1. The monoisotopic (exact) mass is 821 g/mol. The van der Waals surface area contributed by atoms with Gasteiger partial charge >= 0.3 is 0 Å². The van der Waals surface area contributed by atoms with E-state index in [2.05, 4.69) is 250 Å². The number of hydrogen-bond acceptors (Lipinski definition) is 1. The maximum absolute atomic E-state index is 2.64. The molecule has 63 heavy (non-hydrogen) atoms. The van der Waals surface area contributed by atoms with Gasteiger partial charge in [0.2, 0.25) is 0 Å². The first-order valence-corrected chi connectivity index (χ1v) is 23.2. The molecule has 1 heteroatoms. The Morgan fingerprint density at radius 2 is 1.13 bits per heavy atom. The van der Waals surface area contributed by atoms with Crippen LogP contribution in [0.15, 0.2) is 193 Å². The maximum Gasteiger partial charge on any atom is 0.0540 e. The van der Waals surface area contributed by atoms with Crippen LogP contribution in [0.25, 0.3) is 22.3 Å². The number of allylic oxidation sites excluding steroid dienone is 8. The number of anilines is 3. The van der Waals surface area contributed by atoms with Crippen LogP contribution in [0.1, 0.15) is 110 Å². The Labute approximate surface area is 377 Å². The standard InChI is InChI=1S/C62H63N/c1-57(2,3)44-38-54(58(4,5)6)56-61(10,41-44)51-35-33-46(40-53(51)62(56,43-26-16-12-17-27-43)60(9)36-22-13-23-37-60)63(55-31-21-19-28-47(55)42-24-14-11-15-25-42)45-32-34-49-48-29-18-20-30-50(48)59(7,8)52(49)39-45/h11-36,38-40H,37,41H2,1-10H3. The molecule has 0 heterocycles. The summed E-state index contributed by atoms with van der Waals surface area (Å²) < 4.78 is 0. The molecule has 0 bridgehead atoms. The molecule has 0 saturated carbocycles. The molecule has 0 aromatic heterocycles. The summed E-state index contributed by atoms with van der Waals surface area (Å²) in [5.41, 5.74) is 19.0. The molecule has 3 unspecified atom stereocenters. The topological polar surface area (TPSA) is 3.24 Å². The second-order valence-corrected chi connectivity index (χ2v) is 21.8. The molecule has 1 nitrogen and oxygen atoms in total. The van der Waals surface area contributed by atoms with Gasteiger partial charge in [0, 0.05) is 33.2 Å². The van der Waals surface area contributed by atoms with Crippen molar-refractivity contribution in [3.05, 3.63) is 221 Å². The summed E-state index contributed by atoms with van der Waals surface area (Å²) >= 11 is 0. The van der Waals surface area contributed by atoms with Crippen molar-refractivity contribution in [1.82, 2.24) is 0 Å². The first kappa shape index (κ1) is 41.1. The third-order valence-electron chi connectivity index (χ3n) is 15.5. The van der Waals surface area contributed by atoms with Gasteiger partial charge in [-0.3, -0.25) is 0 Å². The number of fused-ring (bicyclic) bond motifs is 6. The number of benzene rings is 6. The van der Waals surface area contributed by atoms with Gasteiger partial charge in [0.25, 0.3) is 0 Å². The summed E-state index contributed by atoms with van der Waals surface area (Å²) in [7, 11) is 0. The summed E-state index contributed by atoms with van der Waals surface area (Å²) in [6, 6.07) is 55.4. The normalized spacial score (nSPS) is 23.2. The van der Waals surface area contributed by atoms with Gasteiger partial charge in [-0.2, -0.15) is 0 Å². The van der Waals surface area contributed by atoms with E-state index in [0.29, 0.717) is 0 Å². The first-order valence-electron chi connectivity index (χ1n) is 23.2. The Balaban J connectivity index is 1.32. The van der Waals surface area contributed by atoms with Crippen LogP contribution in [0.2, 0.25) is 0 Å². The van der Waals surface area contributed by atoms with Crippen molar-refractivity contribution in [2.24, 2.45) is 16.2 Å². The lowest BCUT2D eigenvalue weighted by atomic mass is 9.49. The lowest BCUT2D eigenvalue weighted by Crippen LogP contribution is -2.48. The van der Waals surface area contributed by atoms with Gasteiger partial charge in [-0.05, 0) is 110 Å². The Hall–Kier alpha value is -5.92. The van der Waals surface area contributed by atoms with Crippen molar-refractivity contribution in [2.75, 3.05) is 4.90 Å². The minimum Gasteiger partial charge on any atom is -0.310 e. The van der Waals surface area contributed by atoms with Crippen molar-refractivity contribution in [3.8, 4) is 22.3 Å². The third kappa shape index (κ3) is 6.09. The molecule has 0 N–H and O–H groups in total. The first-order chi connectivity index (χ1) is 30.0. The fraction of sp³-hybridized carbons (Fsp3) is 0.290. The quantitative estimate of drug-likeness (QED) is 0.162. The molecule has 4 aliphatic carbocycles. The fourth-order valence-electron chi connectivity index (χ4n) is 12.3. The lowest BCUT2D eigenvalue weighted by molar-refractivity contribution is 0.264. The van der Waals surface area contributed by atoms with Crippen molar-refractivity contribution >= 4 is 17.1 Å². The summed E-state index contributed by atoms with van der Waals surface area (Å²) in [6.45, 7) is 24.5. The summed E-state index contributed by atoms with van der Waals surface area (Å²) in [5.74, 6) is 0. The minimum atomic E-state index is -0.468. The van der Waals surface area contributed by atoms with Crippen molar-refractivity contribution in [1.29, 1.82) is 0 Å². The average molecular weight is 822 g/mol. The van der Waals surface area contributed by atoms with Crippen LogP contribution in [0.5, 0.6) is 0 Å². The largest absolute Gasteiger partial charge is 0.310 e. The van der Waals surface area contributed by atoms with Crippen LogP contribution < -0.4 is 4.90 Å². The molecular weight excluding hydrogens is 759 g/mol. The van der Waals surface area contributed by atoms with Crippen LogP contribution in [0.4, 0.5) is 17.1 Å². The van der Waals surface area contributed by atoms with Crippen molar-refractivity contribution < 1.29 is 0 Å². The molecular formula is C62H63N. The Morgan fingerprint density at radius 1 is 0.524 bits per heavy atom. The lowest BCUT2D eigenvalue weighted by Gasteiger charge is -2.53. The predicted molar refractivity (Wildman–Crippen MR) is 268 cm³/mol. The molecule has 0 fully saturated rings. The smallest absolute Gasteiger partial charge is 0.0540 e. The second kappa shape index (κ2) is 14.3. The molecule has 10 rings (SSSR count). The summed E-state index contributed by atoms with van der Waals surface area (Å²) in [6.07, 6.45) is 14.1. The van der Waals surface area contributed by atoms with Gasteiger partial charge < -0.3 is 4.90 Å². The van der Waals surface area contributed by atoms with Gasteiger partial charge in [-0.15, -0.1) is 0 Å². The van der Waals surface area contributed by atoms with Gasteiger partial charge in [0.15, 0.2) is 0 Å². The molecule has 0 amide bonds. The Bertz CT molecular complexity index is 2900. The molecule has 316 valence electrons. The minimum absolute atomic E-state index is 0.0273. The molecule has 6 aromatic rings. The second-order valence-electron chi connectivity index (χ2n) is 21.8. The highest BCUT2D eigenvalue weighted by molar-refractivity contribution is 5.91. The summed E-state index contributed by atoms with van der Waals surface area (Å²) in [5, 5.41) is 0. The zero-order valence-electron chi connectivity index (χ0n) is 39.1. The van der Waals surface area contributed by atoms with E-state index in [1.165, 1.54) is 78.3 Å². The molecule has 0 aliphatic heterocycles. The Morgan fingerprint density at radius 3 is 1.79 bits per heavy atom. The predicted octanol–water partition coefficient (Wildman–Crippen LogP) is 16.9. The molecule has 0 saturated heterocycles. The number of hydrogen-bond donors (Lipinski definition) is 0. The van der Waals surface area contributed by atoms with Crippen LogP contribution in [0, 0.1) is 16.2 Å². The van der Waals surface area contributed by atoms with Crippen LogP contribution in [-0.4, -0.2) is 0 Å². The zero-order valence-corrected chi connectivity index (χ0v) is 39.1. The SMILES string of the molecule is CC(C)(C)C1=CC(C(C)(C)C)=C2C(C)(C1)c1ccc(N(c3ccc4c(c3)C(C)(C)c3ccccc3-4)c3ccccc3-c3ccccc3)cc1C2(c1ccccc1)C1(C)C=CC=CC1. The Kier molecular flexibility index (Phi) is 9.33. The fourth-order valence-corrected chi connectivity index (χ4v) is 12.3.